The zero-order valence-corrected chi connectivity index (χ0v) is 14.8. The van der Waals surface area contributed by atoms with Crippen LogP contribution in [0.5, 0.6) is 0 Å². The third-order valence-corrected chi connectivity index (χ3v) is 4.08. The number of carbonyl (C=O) groups excluding carboxylic acids is 1. The van der Waals surface area contributed by atoms with Gasteiger partial charge in [-0.1, -0.05) is 35.9 Å². The Bertz CT molecular complexity index is 986. The number of benzene rings is 2. The van der Waals surface area contributed by atoms with Gasteiger partial charge in [0.25, 0.3) is 5.91 Å². The van der Waals surface area contributed by atoms with Crippen molar-refractivity contribution < 1.29 is 19.8 Å². The summed E-state index contributed by atoms with van der Waals surface area (Å²) in [6.45, 7) is -0.326. The minimum absolute atomic E-state index is 0.0280. The van der Waals surface area contributed by atoms with E-state index >= 15 is 0 Å². The van der Waals surface area contributed by atoms with E-state index in [0.29, 0.717) is 16.4 Å². The topological polar surface area (TPSA) is 104 Å². The van der Waals surface area contributed by atoms with E-state index in [-0.39, 0.29) is 30.0 Å². The van der Waals surface area contributed by atoms with Crippen LogP contribution in [0.1, 0.15) is 26.5 Å². The van der Waals surface area contributed by atoms with Crippen LogP contribution < -0.4 is 5.32 Å². The molecular formula is C19H16ClN3O4. The van der Waals surface area contributed by atoms with Crippen molar-refractivity contribution in [2.75, 3.05) is 11.9 Å². The van der Waals surface area contributed by atoms with Crippen molar-refractivity contribution in [2.45, 2.75) is 6.42 Å². The van der Waals surface area contributed by atoms with Gasteiger partial charge >= 0.3 is 5.97 Å². The second-order valence-electron chi connectivity index (χ2n) is 5.67. The fraction of sp³-hybridized carbons (Fsp3) is 0.105. The summed E-state index contributed by atoms with van der Waals surface area (Å²) in [6, 6.07) is 15.3. The number of amides is 1. The number of aromatic nitrogens is 2. The van der Waals surface area contributed by atoms with Gasteiger partial charge in [0, 0.05) is 29.3 Å². The maximum atomic E-state index is 12.9. The number of nitrogens with zero attached hydrogens (tertiary/aromatic N) is 2. The number of anilines is 1. The Morgan fingerprint density at radius 3 is 2.48 bits per heavy atom. The standard InChI is InChI=1S/C19H16ClN3O4/c20-12-5-4-8-14(11-12)23-17(15(9-10-24)16(22-23)19(26)27)18(25)21-13-6-2-1-3-7-13/h1-8,11,24H,9-10H2,(H,21,25)(H,26,27). The van der Waals surface area contributed by atoms with Gasteiger partial charge in [0.05, 0.1) is 5.69 Å². The number of rotatable bonds is 6. The molecule has 27 heavy (non-hydrogen) atoms. The minimum atomic E-state index is -1.28. The quantitative estimate of drug-likeness (QED) is 0.605. The highest BCUT2D eigenvalue weighted by molar-refractivity contribution is 6.30. The Morgan fingerprint density at radius 2 is 1.85 bits per heavy atom. The molecule has 138 valence electrons. The van der Waals surface area contributed by atoms with Crippen molar-refractivity contribution in [2.24, 2.45) is 0 Å². The molecule has 3 N–H and O–H groups in total. The average Bonchev–Trinajstić information content (AvgIpc) is 3.03. The highest BCUT2D eigenvalue weighted by atomic mass is 35.5. The molecule has 3 aromatic rings. The van der Waals surface area contributed by atoms with E-state index in [0.717, 1.165) is 0 Å². The van der Waals surface area contributed by atoms with E-state index in [1.165, 1.54) is 4.68 Å². The number of aliphatic hydroxyl groups excluding tert-OH is 1. The van der Waals surface area contributed by atoms with Gasteiger partial charge < -0.3 is 15.5 Å². The van der Waals surface area contributed by atoms with E-state index < -0.39 is 11.9 Å². The maximum absolute atomic E-state index is 12.9. The highest BCUT2D eigenvalue weighted by Gasteiger charge is 2.27. The third-order valence-electron chi connectivity index (χ3n) is 3.85. The molecule has 0 aliphatic heterocycles. The monoisotopic (exact) mass is 385 g/mol. The fourth-order valence-electron chi connectivity index (χ4n) is 2.71. The molecule has 1 amide bonds. The number of carboxylic acid groups (broad SMARTS) is 1. The summed E-state index contributed by atoms with van der Waals surface area (Å²) in [6.07, 6.45) is -0.0280. The Hall–Kier alpha value is -3.16. The fourth-order valence-corrected chi connectivity index (χ4v) is 2.90. The molecule has 0 aliphatic carbocycles. The molecule has 2 aromatic carbocycles. The molecule has 0 saturated heterocycles. The number of nitrogens with one attached hydrogen (secondary N) is 1. The van der Waals surface area contributed by atoms with E-state index in [1.54, 1.807) is 48.5 Å². The van der Waals surface area contributed by atoms with Crippen molar-refractivity contribution in [1.29, 1.82) is 0 Å². The van der Waals surface area contributed by atoms with Gasteiger partial charge in [0.1, 0.15) is 5.69 Å². The van der Waals surface area contributed by atoms with Gasteiger partial charge in [-0.3, -0.25) is 4.79 Å². The second kappa shape index (κ2) is 8.03. The summed E-state index contributed by atoms with van der Waals surface area (Å²) in [5.74, 6) is -1.82. The molecule has 0 unspecified atom stereocenters. The number of hydrogen-bond donors (Lipinski definition) is 3. The Balaban J connectivity index is 2.16. The van der Waals surface area contributed by atoms with Crippen molar-refractivity contribution in [1.82, 2.24) is 9.78 Å². The highest BCUT2D eigenvalue weighted by Crippen LogP contribution is 2.23. The lowest BCUT2D eigenvalue weighted by atomic mass is 10.1. The van der Waals surface area contributed by atoms with Gasteiger partial charge in [-0.25, -0.2) is 9.48 Å². The predicted molar refractivity (Wildman–Crippen MR) is 101 cm³/mol. The second-order valence-corrected chi connectivity index (χ2v) is 6.10. The SMILES string of the molecule is O=C(O)c1nn(-c2cccc(Cl)c2)c(C(=O)Nc2ccccc2)c1CCO. The lowest BCUT2D eigenvalue weighted by Crippen LogP contribution is -2.19. The molecule has 0 radical (unpaired) electrons. The predicted octanol–water partition coefficient (Wildman–Crippen LogP) is 3.01. The molecule has 1 heterocycles. The minimum Gasteiger partial charge on any atom is -0.476 e. The van der Waals surface area contributed by atoms with Gasteiger partial charge in [-0.15, -0.1) is 0 Å². The smallest absolute Gasteiger partial charge is 0.356 e. The molecule has 0 bridgehead atoms. The number of carboxylic acids is 1. The van der Waals surface area contributed by atoms with Crippen molar-refractivity contribution >= 4 is 29.2 Å². The largest absolute Gasteiger partial charge is 0.476 e. The van der Waals surface area contributed by atoms with Gasteiger partial charge in [-0.2, -0.15) is 5.10 Å². The molecule has 0 saturated carbocycles. The van der Waals surface area contributed by atoms with E-state index in [9.17, 15) is 19.8 Å². The summed E-state index contributed by atoms with van der Waals surface area (Å²) < 4.78 is 1.23. The number of aromatic carboxylic acids is 1. The number of aliphatic hydroxyl groups is 1. The van der Waals surface area contributed by atoms with Crippen LogP contribution >= 0.6 is 11.6 Å². The van der Waals surface area contributed by atoms with Crippen LogP contribution in [-0.4, -0.2) is 38.5 Å². The lowest BCUT2D eigenvalue weighted by Gasteiger charge is -2.10. The Labute approximate surface area is 159 Å². The van der Waals surface area contributed by atoms with Crippen LogP contribution in [0.3, 0.4) is 0 Å². The Morgan fingerprint density at radius 1 is 1.11 bits per heavy atom. The van der Waals surface area contributed by atoms with Gasteiger partial charge in [0.2, 0.25) is 0 Å². The summed E-state index contributed by atoms with van der Waals surface area (Å²) in [5, 5.41) is 26.1. The lowest BCUT2D eigenvalue weighted by molar-refractivity contribution is 0.0688. The van der Waals surface area contributed by atoms with Gasteiger partial charge in [-0.05, 0) is 30.3 Å². The number of halogens is 1. The molecule has 8 heteroatoms. The van der Waals surface area contributed by atoms with Crippen LogP contribution in [0.2, 0.25) is 5.02 Å². The third kappa shape index (κ3) is 3.99. The van der Waals surface area contributed by atoms with Crippen molar-refractivity contribution in [3.63, 3.8) is 0 Å². The average molecular weight is 386 g/mol. The summed E-state index contributed by atoms with van der Waals surface area (Å²) in [4.78, 5) is 24.6. The van der Waals surface area contributed by atoms with Crippen LogP contribution in [0.15, 0.2) is 54.6 Å². The van der Waals surface area contributed by atoms with Crippen molar-refractivity contribution in [3.8, 4) is 5.69 Å². The summed E-state index contributed by atoms with van der Waals surface area (Å²) in [7, 11) is 0. The van der Waals surface area contributed by atoms with E-state index in [2.05, 4.69) is 10.4 Å². The maximum Gasteiger partial charge on any atom is 0.356 e. The molecule has 0 aliphatic rings. The van der Waals surface area contributed by atoms with Crippen LogP contribution in [0.4, 0.5) is 5.69 Å². The number of carbonyl (C=O) groups is 2. The normalized spacial score (nSPS) is 10.6. The molecule has 7 nitrogen and oxygen atoms in total. The molecule has 0 atom stereocenters. The van der Waals surface area contributed by atoms with Crippen LogP contribution in [0.25, 0.3) is 5.69 Å². The number of hydrogen-bond acceptors (Lipinski definition) is 4. The first kappa shape index (κ1) is 18.6. The van der Waals surface area contributed by atoms with Gasteiger partial charge in [0.15, 0.2) is 5.69 Å². The summed E-state index contributed by atoms with van der Waals surface area (Å²) in [5.41, 5.74) is 0.883. The first-order chi connectivity index (χ1) is 13.0. The first-order valence-corrected chi connectivity index (χ1v) is 8.47. The van der Waals surface area contributed by atoms with Crippen LogP contribution in [0, 0.1) is 0 Å². The van der Waals surface area contributed by atoms with Crippen molar-refractivity contribution in [3.05, 3.63) is 76.6 Å². The molecule has 0 fully saturated rings. The molecule has 0 spiro atoms. The van der Waals surface area contributed by atoms with E-state index in [4.69, 9.17) is 11.6 Å². The Kier molecular flexibility index (Phi) is 5.54. The molecule has 3 rings (SSSR count). The first-order valence-electron chi connectivity index (χ1n) is 8.09. The summed E-state index contributed by atoms with van der Waals surface area (Å²) >= 11 is 6.03. The zero-order valence-electron chi connectivity index (χ0n) is 14.1. The molecular weight excluding hydrogens is 370 g/mol. The number of para-hydroxylation sites is 1. The zero-order chi connectivity index (χ0) is 19.4. The van der Waals surface area contributed by atoms with Crippen LogP contribution in [-0.2, 0) is 6.42 Å². The molecule has 1 aromatic heterocycles. The van der Waals surface area contributed by atoms with E-state index in [1.807, 2.05) is 6.07 Å².